The van der Waals surface area contributed by atoms with Crippen LogP contribution in [0, 0.1) is 0 Å². The Labute approximate surface area is 91.2 Å². The van der Waals surface area contributed by atoms with Gasteiger partial charge in [0.15, 0.2) is 0 Å². The van der Waals surface area contributed by atoms with E-state index >= 15 is 0 Å². The minimum atomic E-state index is -0.423. The summed E-state index contributed by atoms with van der Waals surface area (Å²) in [5.74, 6) is 0.549. The lowest BCUT2D eigenvalue weighted by molar-refractivity contribution is -0.229. The van der Waals surface area contributed by atoms with Crippen LogP contribution in [-0.4, -0.2) is 5.79 Å². The lowest BCUT2D eigenvalue weighted by Gasteiger charge is -2.40. The van der Waals surface area contributed by atoms with E-state index in [1.165, 1.54) is 0 Å². The molecule has 1 atom stereocenters. The van der Waals surface area contributed by atoms with E-state index in [0.717, 1.165) is 24.2 Å². The minimum absolute atomic E-state index is 0.120. The Bertz CT molecular complexity index is 342. The fraction of sp³-hybridized carbons (Fsp3) is 0.538. The number of para-hydroxylation sites is 1. The number of fused-ring (bicyclic) bond motifs is 1. The van der Waals surface area contributed by atoms with Gasteiger partial charge in [0, 0.05) is 18.4 Å². The molecule has 0 bridgehead atoms. The highest BCUT2D eigenvalue weighted by atomic mass is 16.7. The van der Waals surface area contributed by atoms with Crippen LogP contribution >= 0.6 is 0 Å². The summed E-state index contributed by atoms with van der Waals surface area (Å²) in [4.78, 5) is 0. The third kappa shape index (κ3) is 1.74. The predicted octanol–water partition coefficient (Wildman–Crippen LogP) is 3.67. The molecule has 15 heavy (non-hydrogen) atoms. The summed E-state index contributed by atoms with van der Waals surface area (Å²) in [6.07, 6.45) is 1.87. The Balaban J connectivity index is 2.37. The Morgan fingerprint density at radius 3 is 2.53 bits per heavy atom. The molecule has 0 aromatic heterocycles. The first-order valence-corrected chi connectivity index (χ1v) is 5.66. The van der Waals surface area contributed by atoms with Crippen molar-refractivity contribution in [2.45, 2.75) is 45.5 Å². The van der Waals surface area contributed by atoms with Crippen molar-refractivity contribution >= 4 is 0 Å². The second-order valence-corrected chi connectivity index (χ2v) is 4.02. The Kier molecular flexibility index (Phi) is 2.70. The molecule has 1 aromatic carbocycles. The predicted molar refractivity (Wildman–Crippen MR) is 59.9 cm³/mol. The van der Waals surface area contributed by atoms with Crippen LogP contribution in [0.3, 0.4) is 0 Å². The lowest BCUT2D eigenvalue weighted by Crippen LogP contribution is -2.41. The molecule has 82 valence electrons. The highest BCUT2D eigenvalue weighted by molar-refractivity contribution is 5.36. The lowest BCUT2D eigenvalue weighted by atomic mass is 10.0. The summed E-state index contributed by atoms with van der Waals surface area (Å²) >= 11 is 0. The molecule has 0 aliphatic carbocycles. The molecule has 0 spiro atoms. The quantitative estimate of drug-likeness (QED) is 0.735. The number of ether oxygens (including phenoxy) is 2. The fourth-order valence-electron chi connectivity index (χ4n) is 2.08. The minimum Gasteiger partial charge on any atom is -0.462 e. The molecular formula is C13H18O2. The summed E-state index contributed by atoms with van der Waals surface area (Å²) < 4.78 is 11.9. The second-order valence-electron chi connectivity index (χ2n) is 4.02. The van der Waals surface area contributed by atoms with E-state index in [0.29, 0.717) is 0 Å². The molecule has 1 aliphatic rings. The number of rotatable bonds is 2. The first-order valence-electron chi connectivity index (χ1n) is 5.66. The zero-order chi connectivity index (χ0) is 10.9. The number of hydrogen-bond donors (Lipinski definition) is 0. The maximum Gasteiger partial charge on any atom is 0.210 e. The summed E-state index contributed by atoms with van der Waals surface area (Å²) in [7, 11) is 0. The topological polar surface area (TPSA) is 18.5 Å². The van der Waals surface area contributed by atoms with Gasteiger partial charge in [-0.1, -0.05) is 32.0 Å². The van der Waals surface area contributed by atoms with Crippen LogP contribution in [0.25, 0.3) is 0 Å². The third-order valence-corrected chi connectivity index (χ3v) is 3.12. The van der Waals surface area contributed by atoms with Crippen molar-refractivity contribution in [3.05, 3.63) is 29.8 Å². The van der Waals surface area contributed by atoms with Crippen LogP contribution in [0.15, 0.2) is 24.3 Å². The third-order valence-electron chi connectivity index (χ3n) is 3.12. The van der Waals surface area contributed by atoms with E-state index in [2.05, 4.69) is 26.8 Å². The van der Waals surface area contributed by atoms with Gasteiger partial charge < -0.3 is 9.47 Å². The molecule has 0 amide bonds. The highest BCUT2D eigenvalue weighted by Crippen LogP contribution is 2.40. The van der Waals surface area contributed by atoms with Crippen molar-refractivity contribution in [3.8, 4) is 5.75 Å². The van der Waals surface area contributed by atoms with Gasteiger partial charge in [-0.15, -0.1) is 0 Å². The summed E-state index contributed by atoms with van der Waals surface area (Å²) in [5.41, 5.74) is 1.15. The molecule has 1 aromatic rings. The Hall–Kier alpha value is -1.02. The van der Waals surface area contributed by atoms with Gasteiger partial charge in [0.1, 0.15) is 5.75 Å². The van der Waals surface area contributed by atoms with Crippen LogP contribution < -0.4 is 4.74 Å². The van der Waals surface area contributed by atoms with Crippen molar-refractivity contribution in [1.29, 1.82) is 0 Å². The summed E-state index contributed by atoms with van der Waals surface area (Å²) in [5, 5.41) is 0. The summed E-state index contributed by atoms with van der Waals surface area (Å²) in [6.45, 7) is 6.29. The fourth-order valence-corrected chi connectivity index (χ4v) is 2.08. The van der Waals surface area contributed by atoms with Gasteiger partial charge in [-0.2, -0.15) is 0 Å². The average molecular weight is 206 g/mol. The second kappa shape index (κ2) is 3.86. The molecule has 2 heteroatoms. The SMILES string of the molecule is CCC1(CC)Oc2ccccc2[C@@H](C)O1. The molecular weight excluding hydrogens is 188 g/mol. The Morgan fingerprint density at radius 1 is 1.20 bits per heavy atom. The van der Waals surface area contributed by atoms with Gasteiger partial charge in [0.25, 0.3) is 0 Å². The highest BCUT2D eigenvalue weighted by Gasteiger charge is 2.37. The molecule has 1 aliphatic heterocycles. The number of hydrogen-bond acceptors (Lipinski definition) is 2. The molecule has 2 rings (SSSR count). The monoisotopic (exact) mass is 206 g/mol. The molecule has 0 fully saturated rings. The van der Waals surface area contributed by atoms with Crippen molar-refractivity contribution in [1.82, 2.24) is 0 Å². The van der Waals surface area contributed by atoms with E-state index in [1.807, 2.05) is 18.2 Å². The summed E-state index contributed by atoms with van der Waals surface area (Å²) in [6, 6.07) is 8.11. The molecule has 0 saturated carbocycles. The first kappa shape index (κ1) is 10.5. The van der Waals surface area contributed by atoms with Crippen molar-refractivity contribution in [3.63, 3.8) is 0 Å². The maximum absolute atomic E-state index is 5.98. The van der Waals surface area contributed by atoms with Gasteiger partial charge in [-0.05, 0) is 13.0 Å². The number of benzene rings is 1. The van der Waals surface area contributed by atoms with Gasteiger partial charge in [0.2, 0.25) is 5.79 Å². The van der Waals surface area contributed by atoms with Crippen LogP contribution in [0.1, 0.15) is 45.3 Å². The van der Waals surface area contributed by atoms with Gasteiger partial charge >= 0.3 is 0 Å². The molecule has 0 saturated heterocycles. The smallest absolute Gasteiger partial charge is 0.210 e. The van der Waals surface area contributed by atoms with E-state index in [4.69, 9.17) is 9.47 Å². The van der Waals surface area contributed by atoms with Gasteiger partial charge in [-0.3, -0.25) is 0 Å². The van der Waals surface area contributed by atoms with Crippen LogP contribution in [0.5, 0.6) is 5.75 Å². The normalized spacial score (nSPS) is 23.0. The zero-order valence-corrected chi connectivity index (χ0v) is 9.62. The van der Waals surface area contributed by atoms with E-state index < -0.39 is 5.79 Å². The molecule has 0 unspecified atom stereocenters. The molecule has 0 radical (unpaired) electrons. The average Bonchev–Trinajstić information content (AvgIpc) is 2.29. The van der Waals surface area contributed by atoms with E-state index in [9.17, 15) is 0 Å². The van der Waals surface area contributed by atoms with Gasteiger partial charge in [-0.25, -0.2) is 0 Å². The van der Waals surface area contributed by atoms with Crippen LogP contribution in [0.2, 0.25) is 0 Å². The zero-order valence-electron chi connectivity index (χ0n) is 9.62. The van der Waals surface area contributed by atoms with Gasteiger partial charge in [0.05, 0.1) is 6.10 Å². The standard InChI is InChI=1S/C13H18O2/c1-4-13(5-2)14-10(3)11-8-6-7-9-12(11)15-13/h6-10H,4-5H2,1-3H3/t10-/m1/s1. The largest absolute Gasteiger partial charge is 0.462 e. The molecule has 1 heterocycles. The van der Waals surface area contributed by atoms with E-state index in [-0.39, 0.29) is 6.10 Å². The van der Waals surface area contributed by atoms with Crippen molar-refractivity contribution in [2.75, 3.05) is 0 Å². The Morgan fingerprint density at radius 2 is 1.87 bits per heavy atom. The van der Waals surface area contributed by atoms with E-state index in [1.54, 1.807) is 0 Å². The molecule has 0 N–H and O–H groups in total. The van der Waals surface area contributed by atoms with Crippen LogP contribution in [-0.2, 0) is 4.74 Å². The first-order chi connectivity index (χ1) is 7.21. The van der Waals surface area contributed by atoms with Crippen molar-refractivity contribution in [2.24, 2.45) is 0 Å². The maximum atomic E-state index is 5.98. The van der Waals surface area contributed by atoms with Crippen molar-refractivity contribution < 1.29 is 9.47 Å². The van der Waals surface area contributed by atoms with Crippen LogP contribution in [0.4, 0.5) is 0 Å². The molecule has 2 nitrogen and oxygen atoms in total.